The van der Waals surface area contributed by atoms with Crippen molar-refractivity contribution in [3.63, 3.8) is 0 Å². The van der Waals surface area contributed by atoms with Crippen LogP contribution in [0.25, 0.3) is 0 Å². The number of hydrogen-bond donors (Lipinski definition) is 0. The first-order valence-corrected chi connectivity index (χ1v) is 9.50. The van der Waals surface area contributed by atoms with Crippen LogP contribution in [0.2, 0.25) is 0 Å². The Balaban J connectivity index is 3.45. The average molecular weight is 311 g/mol. The van der Waals surface area contributed by atoms with Crippen LogP contribution in [-0.2, 0) is 13.3 Å². The van der Waals surface area contributed by atoms with E-state index in [4.69, 9.17) is 13.3 Å². The van der Waals surface area contributed by atoms with Crippen molar-refractivity contribution in [2.45, 2.75) is 73.7 Å². The molecular formula is C17H30O3Si. The quantitative estimate of drug-likeness (QED) is 0.718. The highest BCUT2D eigenvalue weighted by Crippen LogP contribution is 2.21. The predicted molar refractivity (Wildman–Crippen MR) is 90.0 cm³/mol. The zero-order valence-corrected chi connectivity index (χ0v) is 15.7. The van der Waals surface area contributed by atoms with E-state index in [0.717, 1.165) is 5.19 Å². The summed E-state index contributed by atoms with van der Waals surface area (Å²) in [6.45, 7) is 16.4. The molecule has 0 saturated carbocycles. The van der Waals surface area contributed by atoms with Crippen molar-refractivity contribution < 1.29 is 13.3 Å². The van der Waals surface area contributed by atoms with Crippen molar-refractivity contribution in [2.75, 3.05) is 0 Å². The summed E-state index contributed by atoms with van der Waals surface area (Å²) in [6.07, 6.45) is 0.148. The third-order valence-corrected chi connectivity index (χ3v) is 6.71. The second kappa shape index (κ2) is 7.54. The summed E-state index contributed by atoms with van der Waals surface area (Å²) >= 11 is 0. The lowest BCUT2D eigenvalue weighted by molar-refractivity contribution is 0.0152. The molecule has 0 N–H and O–H groups in total. The summed E-state index contributed by atoms with van der Waals surface area (Å²) in [5.74, 6) is 0. The molecule has 0 radical (unpaired) electrons. The van der Waals surface area contributed by atoms with Gasteiger partial charge in [0.1, 0.15) is 0 Å². The summed E-state index contributed by atoms with van der Waals surface area (Å²) in [4.78, 5) is 0. The molecule has 0 aliphatic rings. The number of benzene rings is 1. The van der Waals surface area contributed by atoms with Gasteiger partial charge in [0, 0.05) is 23.5 Å². The Morgan fingerprint density at radius 1 is 0.714 bits per heavy atom. The van der Waals surface area contributed by atoms with Crippen LogP contribution >= 0.6 is 0 Å². The van der Waals surface area contributed by atoms with Crippen LogP contribution in [0, 0.1) is 13.8 Å². The summed E-state index contributed by atoms with van der Waals surface area (Å²) in [7, 11) is -2.95. The Labute approximate surface area is 131 Å². The van der Waals surface area contributed by atoms with Crippen molar-refractivity contribution in [3.05, 3.63) is 29.3 Å². The molecule has 0 aromatic heterocycles. The van der Waals surface area contributed by atoms with Crippen LogP contribution in [0.15, 0.2) is 18.2 Å². The Morgan fingerprint density at radius 3 is 1.33 bits per heavy atom. The minimum absolute atomic E-state index is 0.0492. The maximum Gasteiger partial charge on any atom is 0.538 e. The second-order valence-corrected chi connectivity index (χ2v) is 8.64. The van der Waals surface area contributed by atoms with Crippen LogP contribution < -0.4 is 5.19 Å². The highest BCUT2D eigenvalue weighted by Gasteiger charge is 2.48. The summed E-state index contributed by atoms with van der Waals surface area (Å²) in [6, 6.07) is 6.26. The zero-order chi connectivity index (χ0) is 16.2. The number of aryl methyl sites for hydroxylation is 2. The maximum absolute atomic E-state index is 6.30. The molecule has 1 rings (SSSR count). The fraction of sp³-hybridized carbons (Fsp3) is 0.647. The lowest BCUT2D eigenvalue weighted by Crippen LogP contribution is -2.61. The summed E-state index contributed by atoms with van der Waals surface area (Å²) in [5, 5.41) is 1.11. The average Bonchev–Trinajstić information content (AvgIpc) is 2.24. The largest absolute Gasteiger partial charge is 0.538 e. The molecule has 21 heavy (non-hydrogen) atoms. The Bertz CT molecular complexity index is 409. The van der Waals surface area contributed by atoms with Crippen LogP contribution in [-0.4, -0.2) is 27.1 Å². The summed E-state index contributed by atoms with van der Waals surface area (Å²) in [5.41, 5.74) is 2.34. The Hall–Kier alpha value is -0.683. The van der Waals surface area contributed by atoms with Crippen molar-refractivity contribution in [3.8, 4) is 0 Å². The van der Waals surface area contributed by atoms with E-state index in [1.807, 2.05) is 41.5 Å². The van der Waals surface area contributed by atoms with Gasteiger partial charge in [0.25, 0.3) is 0 Å². The van der Waals surface area contributed by atoms with E-state index < -0.39 is 8.80 Å². The number of hydrogen-bond acceptors (Lipinski definition) is 3. The molecule has 0 unspecified atom stereocenters. The smallest absolute Gasteiger partial charge is 0.367 e. The molecule has 0 aliphatic carbocycles. The van der Waals surface area contributed by atoms with Gasteiger partial charge in [-0.05, 0) is 66.5 Å². The fourth-order valence-electron chi connectivity index (χ4n) is 2.49. The molecule has 120 valence electrons. The zero-order valence-electron chi connectivity index (χ0n) is 14.7. The normalized spacial score (nSPS) is 12.7. The van der Waals surface area contributed by atoms with Gasteiger partial charge in [-0.1, -0.05) is 18.2 Å². The molecule has 0 bridgehead atoms. The van der Waals surface area contributed by atoms with E-state index in [2.05, 4.69) is 32.0 Å². The van der Waals surface area contributed by atoms with E-state index in [9.17, 15) is 0 Å². The third-order valence-electron chi connectivity index (χ3n) is 2.96. The molecule has 1 aromatic carbocycles. The van der Waals surface area contributed by atoms with Crippen molar-refractivity contribution in [1.82, 2.24) is 0 Å². The fourth-order valence-corrected chi connectivity index (χ4v) is 6.00. The first kappa shape index (κ1) is 18.4. The van der Waals surface area contributed by atoms with Crippen LogP contribution in [0.3, 0.4) is 0 Å². The second-order valence-electron chi connectivity index (χ2n) is 6.32. The SMILES string of the molecule is Cc1cccc(C)c1[Si](OC(C)C)(OC(C)C)OC(C)C. The van der Waals surface area contributed by atoms with Gasteiger partial charge in [-0.2, -0.15) is 0 Å². The van der Waals surface area contributed by atoms with E-state index in [1.165, 1.54) is 11.1 Å². The molecule has 0 spiro atoms. The monoisotopic (exact) mass is 310 g/mol. The van der Waals surface area contributed by atoms with Gasteiger partial charge >= 0.3 is 8.80 Å². The molecule has 0 saturated heterocycles. The highest BCUT2D eigenvalue weighted by atomic mass is 28.4. The highest BCUT2D eigenvalue weighted by molar-refractivity contribution is 6.76. The lowest BCUT2D eigenvalue weighted by Gasteiger charge is -2.36. The van der Waals surface area contributed by atoms with E-state index in [-0.39, 0.29) is 18.3 Å². The molecule has 0 atom stereocenters. The van der Waals surface area contributed by atoms with Gasteiger partial charge in [-0.3, -0.25) is 0 Å². The van der Waals surface area contributed by atoms with Gasteiger partial charge < -0.3 is 13.3 Å². The van der Waals surface area contributed by atoms with Gasteiger partial charge in [0.15, 0.2) is 0 Å². The molecule has 0 amide bonds. The minimum Gasteiger partial charge on any atom is -0.367 e. The van der Waals surface area contributed by atoms with Crippen LogP contribution in [0.1, 0.15) is 52.7 Å². The van der Waals surface area contributed by atoms with E-state index in [0.29, 0.717) is 0 Å². The molecule has 4 heteroatoms. The maximum atomic E-state index is 6.30. The van der Waals surface area contributed by atoms with E-state index in [1.54, 1.807) is 0 Å². The Morgan fingerprint density at radius 2 is 1.05 bits per heavy atom. The molecular weight excluding hydrogens is 280 g/mol. The van der Waals surface area contributed by atoms with Crippen molar-refractivity contribution in [1.29, 1.82) is 0 Å². The topological polar surface area (TPSA) is 27.7 Å². The van der Waals surface area contributed by atoms with Gasteiger partial charge in [-0.25, -0.2) is 0 Å². The molecule has 1 aromatic rings. The Kier molecular flexibility index (Phi) is 6.59. The van der Waals surface area contributed by atoms with Gasteiger partial charge in [-0.15, -0.1) is 0 Å². The van der Waals surface area contributed by atoms with Crippen molar-refractivity contribution >= 4 is 14.0 Å². The molecule has 0 aliphatic heterocycles. The first-order valence-electron chi connectivity index (χ1n) is 7.78. The summed E-state index contributed by atoms with van der Waals surface area (Å²) < 4.78 is 18.9. The van der Waals surface area contributed by atoms with Gasteiger partial charge in [0.05, 0.1) is 0 Å². The predicted octanol–water partition coefficient (Wildman–Crippen LogP) is 3.72. The van der Waals surface area contributed by atoms with Crippen LogP contribution in [0.4, 0.5) is 0 Å². The van der Waals surface area contributed by atoms with Gasteiger partial charge in [0.2, 0.25) is 0 Å². The standard InChI is InChI=1S/C17H30O3Si/c1-12(2)18-21(19-13(3)4,20-14(5)6)17-15(7)10-9-11-16(17)8/h9-14H,1-8H3. The first-order chi connectivity index (χ1) is 9.68. The molecule has 3 nitrogen and oxygen atoms in total. The van der Waals surface area contributed by atoms with E-state index >= 15 is 0 Å². The molecule has 0 heterocycles. The minimum atomic E-state index is -2.95. The van der Waals surface area contributed by atoms with Crippen LogP contribution in [0.5, 0.6) is 0 Å². The number of rotatable bonds is 7. The third kappa shape index (κ3) is 4.92. The van der Waals surface area contributed by atoms with Crippen molar-refractivity contribution in [2.24, 2.45) is 0 Å². The molecule has 0 fully saturated rings. The lowest BCUT2D eigenvalue weighted by atomic mass is 10.2.